The molecular weight excluding hydrogens is 662 g/mol. The van der Waals surface area contributed by atoms with Crippen molar-refractivity contribution in [3.63, 3.8) is 0 Å². The van der Waals surface area contributed by atoms with Gasteiger partial charge in [-0.2, -0.15) is 0 Å². The first-order chi connectivity index (χ1) is 25.9. The van der Waals surface area contributed by atoms with Crippen molar-refractivity contribution in [2.45, 2.75) is 13.1 Å². The molecule has 0 saturated heterocycles. The molecule has 8 aromatic carbocycles. The van der Waals surface area contributed by atoms with E-state index in [4.69, 9.17) is 0 Å². The molecule has 0 aromatic heterocycles. The molecule has 0 fully saturated rings. The molecule has 0 saturated carbocycles. The van der Waals surface area contributed by atoms with Crippen LogP contribution >= 0.6 is 0 Å². The van der Waals surface area contributed by atoms with Gasteiger partial charge in [0.1, 0.15) is 13.9 Å². The van der Waals surface area contributed by atoms with Crippen molar-refractivity contribution in [1.82, 2.24) is 0 Å². The monoisotopic (exact) mass is 701 g/mol. The zero-order valence-corrected chi connectivity index (χ0v) is 31.0. The predicted octanol–water partition coefficient (Wildman–Crippen LogP) is 12.8. The van der Waals surface area contributed by atoms with Gasteiger partial charge in [-0.15, -0.1) is 0 Å². The van der Waals surface area contributed by atoms with Crippen LogP contribution in [-0.2, 0) is 0 Å². The molecule has 0 N–H and O–H groups in total. The fourth-order valence-electron chi connectivity index (χ4n) is 7.11. The van der Waals surface area contributed by atoms with E-state index in [2.05, 4.69) is 200 Å². The topological polar surface area (TPSA) is 3.24 Å². The van der Waals surface area contributed by atoms with Gasteiger partial charge in [-0.05, 0) is 99.1 Å². The van der Waals surface area contributed by atoms with Gasteiger partial charge in [0.2, 0.25) is 0 Å². The Hall–Kier alpha value is -6.29. The molecule has 0 aliphatic carbocycles. The first kappa shape index (κ1) is 33.8. The molecule has 256 valence electrons. The van der Waals surface area contributed by atoms with Crippen LogP contribution in [0.1, 0.15) is 0 Å². The quantitative estimate of drug-likeness (QED) is 0.135. The van der Waals surface area contributed by atoms with Crippen LogP contribution in [0, 0.1) is 5.82 Å². The van der Waals surface area contributed by atoms with E-state index in [1.54, 1.807) is 12.1 Å². The SMILES string of the molecule is C[Si](C)(c1ccc(F)cc1)c1ccc(-c2ccc(N(c3ccc(-c4ccccc4)cc3)c3ccc(-c4cccc(-c5ccccc5)c4)cc3)cc2)cc1. The molecule has 0 radical (unpaired) electrons. The Morgan fingerprint density at radius 1 is 0.321 bits per heavy atom. The number of benzene rings is 8. The molecule has 8 rings (SSSR count). The molecule has 3 heteroatoms. The summed E-state index contributed by atoms with van der Waals surface area (Å²) in [6.07, 6.45) is 0. The number of nitrogens with zero attached hydrogens (tertiary/aromatic N) is 1. The fraction of sp³-hybridized carbons (Fsp3) is 0.0400. The third-order valence-electron chi connectivity index (χ3n) is 10.3. The molecular formula is C50H40FNSi. The lowest BCUT2D eigenvalue weighted by Crippen LogP contribution is -2.52. The molecule has 0 bridgehead atoms. The van der Waals surface area contributed by atoms with Gasteiger partial charge < -0.3 is 4.90 Å². The zero-order chi connectivity index (χ0) is 36.2. The van der Waals surface area contributed by atoms with Crippen molar-refractivity contribution in [3.05, 3.63) is 212 Å². The van der Waals surface area contributed by atoms with Gasteiger partial charge in [-0.1, -0.05) is 175 Å². The summed E-state index contributed by atoms with van der Waals surface area (Å²) in [5.74, 6) is -0.193. The van der Waals surface area contributed by atoms with Crippen LogP contribution in [0.3, 0.4) is 0 Å². The van der Waals surface area contributed by atoms with E-state index in [0.29, 0.717) is 0 Å². The number of rotatable bonds is 9. The zero-order valence-electron chi connectivity index (χ0n) is 30.0. The van der Waals surface area contributed by atoms with E-state index in [1.165, 1.54) is 49.3 Å². The summed E-state index contributed by atoms with van der Waals surface area (Å²) in [6, 6.07) is 72.3. The number of hydrogen-bond acceptors (Lipinski definition) is 1. The molecule has 0 spiro atoms. The second-order valence-electron chi connectivity index (χ2n) is 14.0. The Balaban J connectivity index is 1.10. The van der Waals surface area contributed by atoms with Gasteiger partial charge in [0.15, 0.2) is 0 Å². The Kier molecular flexibility index (Phi) is 9.41. The van der Waals surface area contributed by atoms with Crippen molar-refractivity contribution in [2.75, 3.05) is 4.90 Å². The lowest BCUT2D eigenvalue weighted by molar-refractivity contribution is 0.628. The fourth-order valence-corrected chi connectivity index (χ4v) is 9.44. The largest absolute Gasteiger partial charge is 0.311 e. The maximum absolute atomic E-state index is 13.6. The molecule has 0 atom stereocenters. The normalized spacial score (nSPS) is 11.3. The molecule has 8 aromatic rings. The highest BCUT2D eigenvalue weighted by atomic mass is 28.3. The summed E-state index contributed by atoms with van der Waals surface area (Å²) in [5, 5.41) is 2.55. The minimum absolute atomic E-state index is 0.193. The first-order valence-electron chi connectivity index (χ1n) is 18.1. The highest BCUT2D eigenvalue weighted by Crippen LogP contribution is 2.38. The maximum Gasteiger partial charge on any atom is 0.123 e. The molecule has 0 aliphatic heterocycles. The van der Waals surface area contributed by atoms with Crippen molar-refractivity contribution in [3.8, 4) is 44.5 Å². The first-order valence-corrected chi connectivity index (χ1v) is 21.1. The Morgan fingerprint density at radius 3 is 1.04 bits per heavy atom. The van der Waals surface area contributed by atoms with Crippen LogP contribution in [0.15, 0.2) is 206 Å². The molecule has 0 amide bonds. The van der Waals surface area contributed by atoms with Crippen molar-refractivity contribution in [1.29, 1.82) is 0 Å². The average Bonchev–Trinajstić information content (AvgIpc) is 3.23. The lowest BCUT2D eigenvalue weighted by atomic mass is 9.99. The van der Waals surface area contributed by atoms with Crippen molar-refractivity contribution >= 4 is 35.5 Å². The van der Waals surface area contributed by atoms with Gasteiger partial charge in [0, 0.05) is 17.1 Å². The van der Waals surface area contributed by atoms with Crippen LogP contribution in [-0.4, -0.2) is 8.07 Å². The summed E-state index contributed by atoms with van der Waals surface area (Å²) in [6.45, 7) is 4.64. The number of halogens is 1. The minimum atomic E-state index is -1.94. The van der Waals surface area contributed by atoms with E-state index in [0.717, 1.165) is 22.6 Å². The highest BCUT2D eigenvalue weighted by molar-refractivity contribution is 7.00. The Morgan fingerprint density at radius 2 is 0.623 bits per heavy atom. The Labute approximate surface area is 313 Å². The number of anilines is 3. The molecule has 0 heterocycles. The number of hydrogen-bond donors (Lipinski definition) is 0. The average molecular weight is 702 g/mol. The molecule has 1 nitrogen and oxygen atoms in total. The lowest BCUT2D eigenvalue weighted by Gasteiger charge is -2.26. The van der Waals surface area contributed by atoms with Crippen LogP contribution in [0.4, 0.5) is 21.5 Å². The summed E-state index contributed by atoms with van der Waals surface area (Å²) in [7, 11) is -1.94. The minimum Gasteiger partial charge on any atom is -0.311 e. The van der Waals surface area contributed by atoms with E-state index in [-0.39, 0.29) is 5.82 Å². The van der Waals surface area contributed by atoms with Crippen molar-refractivity contribution in [2.24, 2.45) is 0 Å². The van der Waals surface area contributed by atoms with Gasteiger partial charge in [-0.25, -0.2) is 4.39 Å². The molecule has 53 heavy (non-hydrogen) atoms. The second kappa shape index (κ2) is 14.7. The van der Waals surface area contributed by atoms with Gasteiger partial charge in [-0.3, -0.25) is 0 Å². The van der Waals surface area contributed by atoms with Crippen LogP contribution in [0.5, 0.6) is 0 Å². The van der Waals surface area contributed by atoms with Gasteiger partial charge >= 0.3 is 0 Å². The standard InChI is InChI=1S/C50H40FNSi/c1-53(2,50-34-24-45(51)25-35-50)49-32-22-41(23-33-49)40-18-28-47(29-19-40)52(46-26-16-39(17-27-46)37-10-5-3-6-11-37)48-30-20-42(21-31-48)44-15-9-14-43(36-44)38-12-7-4-8-13-38/h3-36H,1-2H3. The van der Waals surface area contributed by atoms with Gasteiger partial charge in [0.25, 0.3) is 0 Å². The van der Waals surface area contributed by atoms with E-state index >= 15 is 0 Å². The third kappa shape index (κ3) is 7.25. The predicted molar refractivity (Wildman–Crippen MR) is 226 cm³/mol. The second-order valence-corrected chi connectivity index (χ2v) is 18.4. The smallest absolute Gasteiger partial charge is 0.123 e. The highest BCUT2D eigenvalue weighted by Gasteiger charge is 2.26. The summed E-state index contributed by atoms with van der Waals surface area (Å²) in [4.78, 5) is 2.32. The van der Waals surface area contributed by atoms with Crippen LogP contribution in [0.25, 0.3) is 44.5 Å². The van der Waals surface area contributed by atoms with Crippen molar-refractivity contribution < 1.29 is 4.39 Å². The third-order valence-corrected chi connectivity index (χ3v) is 13.8. The maximum atomic E-state index is 13.6. The molecule has 0 unspecified atom stereocenters. The van der Waals surface area contributed by atoms with E-state index in [9.17, 15) is 4.39 Å². The molecule has 0 aliphatic rings. The summed E-state index contributed by atoms with van der Waals surface area (Å²) >= 11 is 0. The summed E-state index contributed by atoms with van der Waals surface area (Å²) < 4.78 is 13.6. The van der Waals surface area contributed by atoms with E-state index in [1.807, 2.05) is 12.1 Å². The van der Waals surface area contributed by atoms with Crippen LogP contribution < -0.4 is 15.3 Å². The van der Waals surface area contributed by atoms with Gasteiger partial charge in [0.05, 0.1) is 0 Å². The Bertz CT molecular complexity index is 2420. The summed E-state index contributed by atoms with van der Waals surface area (Å²) in [5.41, 5.74) is 12.8. The van der Waals surface area contributed by atoms with E-state index < -0.39 is 8.07 Å². The van der Waals surface area contributed by atoms with Crippen LogP contribution in [0.2, 0.25) is 13.1 Å².